The quantitative estimate of drug-likeness (QED) is 0.908. The second-order valence-electron chi connectivity index (χ2n) is 6.52. The van der Waals surface area contributed by atoms with Gasteiger partial charge in [-0.15, -0.1) is 0 Å². The molecule has 0 amide bonds. The molecule has 0 radical (unpaired) electrons. The van der Waals surface area contributed by atoms with Crippen molar-refractivity contribution in [3.05, 3.63) is 35.1 Å². The van der Waals surface area contributed by atoms with E-state index < -0.39 is 0 Å². The summed E-state index contributed by atoms with van der Waals surface area (Å²) < 4.78 is 13.5. The minimum Gasteiger partial charge on any atom is -0.314 e. The predicted molar refractivity (Wildman–Crippen MR) is 80.3 cm³/mol. The minimum atomic E-state index is -0.0973. The lowest BCUT2D eigenvalue weighted by Gasteiger charge is -2.40. The minimum absolute atomic E-state index is 0.0973. The Kier molecular flexibility index (Phi) is 4.08. The van der Waals surface area contributed by atoms with Crippen LogP contribution in [-0.4, -0.2) is 31.1 Å². The van der Waals surface area contributed by atoms with Gasteiger partial charge in [-0.1, -0.05) is 12.1 Å². The lowest BCUT2D eigenvalue weighted by molar-refractivity contribution is 0.119. The lowest BCUT2D eigenvalue weighted by atomic mass is 9.84. The van der Waals surface area contributed by atoms with E-state index in [2.05, 4.69) is 17.3 Å². The fourth-order valence-corrected chi connectivity index (χ4v) is 3.46. The number of nitrogens with one attached hydrogen (secondary N) is 1. The summed E-state index contributed by atoms with van der Waals surface area (Å²) in [4.78, 5) is 2.44. The van der Waals surface area contributed by atoms with Gasteiger partial charge in [0.25, 0.3) is 0 Å². The molecule has 1 heterocycles. The average Bonchev–Trinajstić information content (AvgIpc) is 3.24. The number of aryl methyl sites for hydroxylation is 1. The largest absolute Gasteiger partial charge is 0.314 e. The molecule has 20 heavy (non-hydrogen) atoms. The Morgan fingerprint density at radius 1 is 1.30 bits per heavy atom. The van der Waals surface area contributed by atoms with Crippen LogP contribution < -0.4 is 5.32 Å². The molecule has 3 rings (SSSR count). The Labute approximate surface area is 121 Å². The summed E-state index contributed by atoms with van der Waals surface area (Å²) in [5.41, 5.74) is 2.03. The van der Waals surface area contributed by atoms with Crippen LogP contribution in [0.25, 0.3) is 0 Å². The standard InChI is InChI=1S/C17H25FN2/c1-12-10-13(5-8-16(12)18)17-14(4-3-9-20(17)2)11-19-15-6-7-15/h5,8,10,14-15,17,19H,3-4,6-7,9,11H2,1-2H3. The maximum Gasteiger partial charge on any atom is 0.126 e. The third-order valence-corrected chi connectivity index (χ3v) is 4.78. The fraction of sp³-hybridized carbons (Fsp3) is 0.647. The summed E-state index contributed by atoms with van der Waals surface area (Å²) >= 11 is 0. The van der Waals surface area contributed by atoms with E-state index in [-0.39, 0.29) is 5.82 Å². The second-order valence-corrected chi connectivity index (χ2v) is 6.52. The van der Waals surface area contributed by atoms with E-state index in [1.54, 1.807) is 6.07 Å². The highest BCUT2D eigenvalue weighted by molar-refractivity contribution is 5.27. The molecular formula is C17H25FN2. The second kappa shape index (κ2) is 5.82. The number of likely N-dealkylation sites (tertiary alicyclic amines) is 1. The molecule has 2 unspecified atom stereocenters. The molecule has 2 atom stereocenters. The number of hydrogen-bond acceptors (Lipinski definition) is 2. The van der Waals surface area contributed by atoms with Crippen LogP contribution in [0.2, 0.25) is 0 Å². The molecule has 3 heteroatoms. The fourth-order valence-electron chi connectivity index (χ4n) is 3.46. The first kappa shape index (κ1) is 14.0. The number of piperidine rings is 1. The topological polar surface area (TPSA) is 15.3 Å². The van der Waals surface area contributed by atoms with Gasteiger partial charge in [0.05, 0.1) is 0 Å². The molecular weight excluding hydrogens is 251 g/mol. The Balaban J connectivity index is 1.78. The zero-order valence-corrected chi connectivity index (χ0v) is 12.5. The van der Waals surface area contributed by atoms with Gasteiger partial charge in [-0.2, -0.15) is 0 Å². The van der Waals surface area contributed by atoms with Crippen LogP contribution >= 0.6 is 0 Å². The summed E-state index contributed by atoms with van der Waals surface area (Å²) in [6, 6.07) is 6.82. The highest BCUT2D eigenvalue weighted by atomic mass is 19.1. The Hall–Kier alpha value is -0.930. The van der Waals surface area contributed by atoms with E-state index in [0.29, 0.717) is 12.0 Å². The van der Waals surface area contributed by atoms with Gasteiger partial charge in [0, 0.05) is 18.6 Å². The maximum atomic E-state index is 13.5. The number of benzene rings is 1. The van der Waals surface area contributed by atoms with Crippen LogP contribution in [0.1, 0.15) is 42.9 Å². The van der Waals surface area contributed by atoms with Crippen LogP contribution in [0.3, 0.4) is 0 Å². The molecule has 0 aromatic heterocycles. The van der Waals surface area contributed by atoms with E-state index in [1.165, 1.54) is 31.2 Å². The molecule has 1 aromatic rings. The first-order chi connectivity index (χ1) is 9.65. The molecule has 0 spiro atoms. The van der Waals surface area contributed by atoms with Crippen molar-refractivity contribution < 1.29 is 4.39 Å². The van der Waals surface area contributed by atoms with Crippen molar-refractivity contribution in [3.8, 4) is 0 Å². The SMILES string of the molecule is Cc1cc(C2C(CNC3CC3)CCCN2C)ccc1F. The summed E-state index contributed by atoms with van der Waals surface area (Å²) in [5, 5.41) is 3.67. The van der Waals surface area contributed by atoms with Gasteiger partial charge in [0.15, 0.2) is 0 Å². The van der Waals surface area contributed by atoms with Crippen molar-refractivity contribution >= 4 is 0 Å². The van der Waals surface area contributed by atoms with Crippen LogP contribution in [-0.2, 0) is 0 Å². The number of halogens is 1. The monoisotopic (exact) mass is 276 g/mol. The van der Waals surface area contributed by atoms with Gasteiger partial charge in [-0.3, -0.25) is 4.90 Å². The molecule has 1 saturated carbocycles. The summed E-state index contributed by atoms with van der Waals surface area (Å²) in [7, 11) is 2.20. The Morgan fingerprint density at radius 2 is 2.10 bits per heavy atom. The normalized spacial score (nSPS) is 27.8. The van der Waals surface area contributed by atoms with Crippen LogP contribution in [0.4, 0.5) is 4.39 Å². The third-order valence-electron chi connectivity index (χ3n) is 4.78. The third kappa shape index (κ3) is 3.04. The molecule has 1 N–H and O–H groups in total. The van der Waals surface area contributed by atoms with Crippen LogP contribution in [0.15, 0.2) is 18.2 Å². The summed E-state index contributed by atoms with van der Waals surface area (Å²) in [5.74, 6) is 0.541. The molecule has 110 valence electrons. The first-order valence-electron chi connectivity index (χ1n) is 7.85. The molecule has 1 saturated heterocycles. The van der Waals surface area contributed by atoms with Crippen molar-refractivity contribution in [1.29, 1.82) is 0 Å². The van der Waals surface area contributed by atoms with Crippen molar-refractivity contribution in [2.45, 2.75) is 44.7 Å². The van der Waals surface area contributed by atoms with E-state index in [1.807, 2.05) is 19.1 Å². The highest BCUT2D eigenvalue weighted by Crippen LogP contribution is 2.35. The van der Waals surface area contributed by atoms with Gasteiger partial charge in [-0.25, -0.2) is 4.39 Å². The van der Waals surface area contributed by atoms with Gasteiger partial charge in [0.2, 0.25) is 0 Å². The van der Waals surface area contributed by atoms with Crippen LogP contribution in [0, 0.1) is 18.7 Å². The van der Waals surface area contributed by atoms with Gasteiger partial charge in [0.1, 0.15) is 5.82 Å². The van der Waals surface area contributed by atoms with Crippen LogP contribution in [0.5, 0.6) is 0 Å². The van der Waals surface area contributed by atoms with Crippen molar-refractivity contribution in [3.63, 3.8) is 0 Å². The molecule has 0 bridgehead atoms. The molecule has 1 aliphatic heterocycles. The first-order valence-corrected chi connectivity index (χ1v) is 7.85. The number of hydrogen-bond donors (Lipinski definition) is 1. The van der Waals surface area contributed by atoms with E-state index in [4.69, 9.17) is 0 Å². The maximum absolute atomic E-state index is 13.5. The van der Waals surface area contributed by atoms with E-state index >= 15 is 0 Å². The lowest BCUT2D eigenvalue weighted by Crippen LogP contribution is -2.41. The van der Waals surface area contributed by atoms with Gasteiger partial charge >= 0.3 is 0 Å². The van der Waals surface area contributed by atoms with E-state index in [9.17, 15) is 4.39 Å². The zero-order valence-electron chi connectivity index (χ0n) is 12.5. The molecule has 2 fully saturated rings. The average molecular weight is 276 g/mol. The highest BCUT2D eigenvalue weighted by Gasteiger charge is 2.32. The molecule has 1 aromatic carbocycles. The smallest absolute Gasteiger partial charge is 0.126 e. The van der Waals surface area contributed by atoms with Gasteiger partial charge in [-0.05, 0) is 69.3 Å². The molecule has 1 aliphatic carbocycles. The summed E-state index contributed by atoms with van der Waals surface area (Å²) in [6.45, 7) is 4.09. The number of nitrogens with zero attached hydrogens (tertiary/aromatic N) is 1. The van der Waals surface area contributed by atoms with E-state index in [0.717, 1.165) is 24.7 Å². The van der Waals surface area contributed by atoms with Crippen molar-refractivity contribution in [2.24, 2.45) is 5.92 Å². The molecule has 2 aliphatic rings. The summed E-state index contributed by atoms with van der Waals surface area (Å²) in [6.07, 6.45) is 5.21. The van der Waals surface area contributed by atoms with Gasteiger partial charge < -0.3 is 5.32 Å². The predicted octanol–water partition coefficient (Wildman–Crippen LogP) is 3.27. The van der Waals surface area contributed by atoms with Crippen molar-refractivity contribution in [1.82, 2.24) is 10.2 Å². The number of rotatable bonds is 4. The zero-order chi connectivity index (χ0) is 14.1. The Bertz CT molecular complexity index is 470. The molecule has 2 nitrogen and oxygen atoms in total. The van der Waals surface area contributed by atoms with Crippen molar-refractivity contribution in [2.75, 3.05) is 20.1 Å². The Morgan fingerprint density at radius 3 is 2.80 bits per heavy atom.